The van der Waals surface area contributed by atoms with E-state index in [1.165, 1.54) is 12.4 Å². The molecular formula is C18H16N4O4. The van der Waals surface area contributed by atoms with E-state index in [0.29, 0.717) is 42.8 Å². The van der Waals surface area contributed by atoms with Crippen LogP contribution in [0.5, 0.6) is 11.5 Å². The van der Waals surface area contributed by atoms with Crippen molar-refractivity contribution in [1.82, 2.24) is 9.97 Å². The number of furan rings is 1. The number of benzene rings is 1. The third-order valence-electron chi connectivity index (χ3n) is 3.71. The molecule has 0 spiro atoms. The Labute approximate surface area is 149 Å². The van der Waals surface area contributed by atoms with Crippen molar-refractivity contribution >= 4 is 17.4 Å². The average Bonchev–Trinajstić information content (AvgIpc) is 3.20. The summed E-state index contributed by atoms with van der Waals surface area (Å²) in [6, 6.07) is 8.90. The first-order valence-corrected chi connectivity index (χ1v) is 8.07. The molecule has 8 heteroatoms. The second-order valence-electron chi connectivity index (χ2n) is 5.53. The van der Waals surface area contributed by atoms with E-state index in [1.807, 2.05) is 12.1 Å². The van der Waals surface area contributed by atoms with Crippen molar-refractivity contribution in [2.24, 2.45) is 0 Å². The summed E-state index contributed by atoms with van der Waals surface area (Å²) in [5.41, 5.74) is 0.810. The lowest BCUT2D eigenvalue weighted by atomic mass is 10.2. The molecule has 0 saturated heterocycles. The van der Waals surface area contributed by atoms with Gasteiger partial charge in [-0.2, -0.15) is 0 Å². The molecule has 1 amide bonds. The lowest BCUT2D eigenvalue weighted by Gasteiger charge is -2.18. The minimum absolute atomic E-state index is 0.212. The number of anilines is 2. The minimum atomic E-state index is -0.355. The first kappa shape index (κ1) is 15.9. The van der Waals surface area contributed by atoms with Crippen LogP contribution in [0.4, 0.5) is 11.5 Å². The highest BCUT2D eigenvalue weighted by atomic mass is 16.6. The number of amides is 1. The van der Waals surface area contributed by atoms with Gasteiger partial charge in [-0.15, -0.1) is 0 Å². The summed E-state index contributed by atoms with van der Waals surface area (Å²) in [4.78, 5) is 20.6. The lowest BCUT2D eigenvalue weighted by molar-refractivity contribution is 0.102. The fourth-order valence-corrected chi connectivity index (χ4v) is 2.44. The summed E-state index contributed by atoms with van der Waals surface area (Å²) in [5, 5.41) is 5.84. The molecule has 1 aliphatic rings. The van der Waals surface area contributed by atoms with Crippen LogP contribution in [-0.4, -0.2) is 29.1 Å². The number of aromatic nitrogens is 2. The van der Waals surface area contributed by atoms with Gasteiger partial charge in [0.25, 0.3) is 5.91 Å². The molecule has 0 atom stereocenters. The topological polar surface area (TPSA) is 98.5 Å². The molecule has 4 rings (SSSR count). The molecule has 26 heavy (non-hydrogen) atoms. The second-order valence-corrected chi connectivity index (χ2v) is 5.53. The highest BCUT2D eigenvalue weighted by Gasteiger charge is 2.14. The molecule has 132 valence electrons. The Kier molecular flexibility index (Phi) is 4.38. The van der Waals surface area contributed by atoms with Crippen LogP contribution in [0.25, 0.3) is 0 Å². The maximum absolute atomic E-state index is 12.3. The van der Waals surface area contributed by atoms with Gasteiger partial charge in [0.1, 0.15) is 30.5 Å². The molecule has 1 aliphatic heterocycles. The fourth-order valence-electron chi connectivity index (χ4n) is 2.44. The molecule has 0 saturated carbocycles. The molecular weight excluding hydrogens is 336 g/mol. The molecule has 0 fully saturated rings. The zero-order valence-corrected chi connectivity index (χ0v) is 13.8. The summed E-state index contributed by atoms with van der Waals surface area (Å²) in [5.74, 6) is 2.26. The summed E-state index contributed by atoms with van der Waals surface area (Å²) in [7, 11) is 0. The second kappa shape index (κ2) is 7.14. The van der Waals surface area contributed by atoms with Crippen LogP contribution < -0.4 is 20.1 Å². The summed E-state index contributed by atoms with van der Waals surface area (Å²) >= 11 is 0. The van der Waals surface area contributed by atoms with Crippen molar-refractivity contribution in [3.63, 3.8) is 0 Å². The predicted molar refractivity (Wildman–Crippen MR) is 93.5 cm³/mol. The van der Waals surface area contributed by atoms with Crippen molar-refractivity contribution in [3.8, 4) is 11.5 Å². The zero-order valence-electron chi connectivity index (χ0n) is 13.8. The molecule has 0 radical (unpaired) electrons. The number of rotatable bonds is 5. The Morgan fingerprint density at radius 2 is 1.96 bits per heavy atom. The Morgan fingerprint density at radius 1 is 1.08 bits per heavy atom. The van der Waals surface area contributed by atoms with Gasteiger partial charge in [-0.1, -0.05) is 0 Å². The van der Waals surface area contributed by atoms with E-state index >= 15 is 0 Å². The standard InChI is InChI=1S/C18H16N4O4/c23-18(22-12-3-4-15-16(8-12)26-7-6-25-15)14-10-21-17(11-19-14)20-9-13-2-1-5-24-13/h1-5,8,10-11H,6-7,9H2,(H,20,21)(H,22,23). The quantitative estimate of drug-likeness (QED) is 0.728. The van der Waals surface area contributed by atoms with Gasteiger partial charge >= 0.3 is 0 Å². The molecule has 0 aliphatic carbocycles. The van der Waals surface area contributed by atoms with Crippen LogP contribution in [0.3, 0.4) is 0 Å². The van der Waals surface area contributed by atoms with Gasteiger partial charge in [0.15, 0.2) is 11.5 Å². The molecule has 3 heterocycles. The highest BCUT2D eigenvalue weighted by Crippen LogP contribution is 2.32. The van der Waals surface area contributed by atoms with Gasteiger partial charge in [-0.25, -0.2) is 9.97 Å². The smallest absolute Gasteiger partial charge is 0.275 e. The van der Waals surface area contributed by atoms with E-state index in [1.54, 1.807) is 24.5 Å². The van der Waals surface area contributed by atoms with E-state index in [4.69, 9.17) is 13.9 Å². The molecule has 3 aromatic rings. The highest BCUT2D eigenvalue weighted by molar-refractivity contribution is 6.02. The van der Waals surface area contributed by atoms with Gasteiger partial charge < -0.3 is 24.5 Å². The number of nitrogens with zero attached hydrogens (tertiary/aromatic N) is 2. The van der Waals surface area contributed by atoms with Gasteiger partial charge in [-0.3, -0.25) is 4.79 Å². The molecule has 0 unspecified atom stereocenters. The van der Waals surface area contributed by atoms with E-state index in [2.05, 4.69) is 20.6 Å². The lowest BCUT2D eigenvalue weighted by Crippen LogP contribution is -2.17. The summed E-state index contributed by atoms with van der Waals surface area (Å²) < 4.78 is 16.2. The Balaban J connectivity index is 1.38. The number of nitrogens with one attached hydrogen (secondary N) is 2. The molecule has 8 nitrogen and oxygen atoms in total. The fraction of sp³-hybridized carbons (Fsp3) is 0.167. The number of carbonyl (C=O) groups excluding carboxylic acids is 1. The SMILES string of the molecule is O=C(Nc1ccc2c(c1)OCCO2)c1cnc(NCc2ccco2)cn1. The van der Waals surface area contributed by atoms with Crippen molar-refractivity contribution < 1.29 is 18.7 Å². The minimum Gasteiger partial charge on any atom is -0.486 e. The van der Waals surface area contributed by atoms with Crippen molar-refractivity contribution in [1.29, 1.82) is 0 Å². The van der Waals surface area contributed by atoms with Gasteiger partial charge in [0, 0.05) is 11.8 Å². The van der Waals surface area contributed by atoms with Crippen LogP contribution in [0, 0.1) is 0 Å². The Hall–Kier alpha value is -3.55. The Bertz CT molecular complexity index is 894. The number of hydrogen-bond donors (Lipinski definition) is 2. The number of fused-ring (bicyclic) bond motifs is 1. The third kappa shape index (κ3) is 3.59. The third-order valence-corrected chi connectivity index (χ3v) is 3.71. The molecule has 0 bridgehead atoms. The van der Waals surface area contributed by atoms with E-state index < -0.39 is 0 Å². The zero-order chi connectivity index (χ0) is 17.8. The maximum atomic E-state index is 12.3. The van der Waals surface area contributed by atoms with Crippen LogP contribution in [0.15, 0.2) is 53.4 Å². The summed E-state index contributed by atoms with van der Waals surface area (Å²) in [6.45, 7) is 1.50. The van der Waals surface area contributed by atoms with Crippen LogP contribution >= 0.6 is 0 Å². The number of carbonyl (C=O) groups is 1. The van der Waals surface area contributed by atoms with Crippen molar-refractivity contribution in [2.45, 2.75) is 6.54 Å². The van der Waals surface area contributed by atoms with Gasteiger partial charge in [-0.05, 0) is 24.3 Å². The number of ether oxygens (including phenoxy) is 2. The maximum Gasteiger partial charge on any atom is 0.275 e. The average molecular weight is 352 g/mol. The van der Waals surface area contributed by atoms with E-state index in [-0.39, 0.29) is 11.6 Å². The number of hydrogen-bond acceptors (Lipinski definition) is 7. The van der Waals surface area contributed by atoms with Gasteiger partial charge in [0.05, 0.1) is 25.2 Å². The molecule has 2 aromatic heterocycles. The van der Waals surface area contributed by atoms with Gasteiger partial charge in [0.2, 0.25) is 0 Å². The van der Waals surface area contributed by atoms with E-state index in [9.17, 15) is 4.79 Å². The van der Waals surface area contributed by atoms with Crippen LogP contribution in [-0.2, 0) is 6.54 Å². The predicted octanol–water partition coefficient (Wildman–Crippen LogP) is 2.71. The first-order chi connectivity index (χ1) is 12.8. The van der Waals surface area contributed by atoms with Crippen LogP contribution in [0.2, 0.25) is 0 Å². The monoisotopic (exact) mass is 352 g/mol. The van der Waals surface area contributed by atoms with Crippen LogP contribution in [0.1, 0.15) is 16.2 Å². The first-order valence-electron chi connectivity index (χ1n) is 8.07. The molecule has 2 N–H and O–H groups in total. The van der Waals surface area contributed by atoms with Crippen molar-refractivity contribution in [3.05, 3.63) is 60.4 Å². The van der Waals surface area contributed by atoms with Crippen molar-refractivity contribution in [2.75, 3.05) is 23.8 Å². The molecule has 1 aromatic carbocycles. The Morgan fingerprint density at radius 3 is 2.73 bits per heavy atom. The largest absolute Gasteiger partial charge is 0.486 e. The normalized spacial score (nSPS) is 12.5. The summed E-state index contributed by atoms with van der Waals surface area (Å²) in [6.07, 6.45) is 4.52. The van der Waals surface area contributed by atoms with E-state index in [0.717, 1.165) is 5.76 Å².